The fourth-order valence-corrected chi connectivity index (χ4v) is 5.34. The van der Waals surface area contributed by atoms with Crippen molar-refractivity contribution in [3.63, 3.8) is 0 Å². The summed E-state index contributed by atoms with van der Waals surface area (Å²) in [5, 5.41) is 0. The Morgan fingerprint density at radius 3 is 2.36 bits per heavy atom. The summed E-state index contributed by atoms with van der Waals surface area (Å²) in [6.07, 6.45) is 6.07. The molecule has 5 rings (SSSR count). The minimum Gasteiger partial charge on any atom is -0.497 e. The van der Waals surface area contributed by atoms with Crippen LogP contribution in [-0.2, 0) is 21.7 Å². The number of ether oxygens (including phenoxy) is 3. The van der Waals surface area contributed by atoms with Crippen LogP contribution in [0.3, 0.4) is 0 Å². The molecule has 1 atom stereocenters. The molecule has 0 aliphatic carbocycles. The fourth-order valence-electron chi connectivity index (χ4n) is 5.34. The van der Waals surface area contributed by atoms with E-state index in [1.807, 2.05) is 12.1 Å². The molecule has 5 heteroatoms. The van der Waals surface area contributed by atoms with Gasteiger partial charge in [0.15, 0.2) is 5.79 Å². The molecule has 3 aromatic rings. The van der Waals surface area contributed by atoms with Gasteiger partial charge in [0.1, 0.15) is 11.6 Å². The van der Waals surface area contributed by atoms with E-state index < -0.39 is 5.79 Å². The van der Waals surface area contributed by atoms with Gasteiger partial charge in [0.25, 0.3) is 0 Å². The van der Waals surface area contributed by atoms with Gasteiger partial charge < -0.3 is 14.2 Å². The summed E-state index contributed by atoms with van der Waals surface area (Å²) < 4.78 is 31.0. The molecule has 0 radical (unpaired) electrons. The van der Waals surface area contributed by atoms with E-state index >= 15 is 0 Å². The third-order valence-electron chi connectivity index (χ3n) is 7.27. The highest BCUT2D eigenvalue weighted by Crippen LogP contribution is 2.36. The quantitative estimate of drug-likeness (QED) is 0.359. The molecule has 36 heavy (non-hydrogen) atoms. The van der Waals surface area contributed by atoms with Crippen LogP contribution in [0.1, 0.15) is 36.0 Å². The van der Waals surface area contributed by atoms with E-state index in [4.69, 9.17) is 14.2 Å². The van der Waals surface area contributed by atoms with E-state index in [0.717, 1.165) is 50.1 Å². The van der Waals surface area contributed by atoms with Crippen LogP contribution >= 0.6 is 0 Å². The minimum atomic E-state index is -0.778. The maximum Gasteiger partial charge on any atom is 0.195 e. The molecule has 2 aliphatic heterocycles. The van der Waals surface area contributed by atoms with Crippen molar-refractivity contribution in [1.82, 2.24) is 4.90 Å². The van der Waals surface area contributed by atoms with Crippen molar-refractivity contribution < 1.29 is 18.6 Å². The molecule has 1 saturated heterocycles. The Morgan fingerprint density at radius 2 is 1.67 bits per heavy atom. The van der Waals surface area contributed by atoms with Crippen LogP contribution in [0.5, 0.6) is 5.75 Å². The molecule has 2 heterocycles. The second-order valence-corrected chi connectivity index (χ2v) is 9.52. The first-order chi connectivity index (χ1) is 17.6. The first-order valence-corrected chi connectivity index (χ1v) is 12.8. The van der Waals surface area contributed by atoms with Gasteiger partial charge >= 0.3 is 0 Å². The van der Waals surface area contributed by atoms with Crippen LogP contribution in [0, 0.1) is 5.82 Å². The molecule has 4 nitrogen and oxygen atoms in total. The first-order valence-electron chi connectivity index (χ1n) is 12.8. The summed E-state index contributed by atoms with van der Waals surface area (Å²) in [7, 11) is 1.70. The van der Waals surface area contributed by atoms with Crippen LogP contribution in [-0.4, -0.2) is 44.4 Å². The molecule has 0 amide bonds. The summed E-state index contributed by atoms with van der Waals surface area (Å²) >= 11 is 0. The van der Waals surface area contributed by atoms with E-state index in [2.05, 4.69) is 53.4 Å². The number of rotatable bonds is 9. The number of benzene rings is 3. The van der Waals surface area contributed by atoms with E-state index in [0.29, 0.717) is 19.3 Å². The Morgan fingerprint density at radius 1 is 0.944 bits per heavy atom. The Labute approximate surface area is 213 Å². The van der Waals surface area contributed by atoms with Gasteiger partial charge in [-0.1, -0.05) is 60.7 Å². The second-order valence-electron chi connectivity index (χ2n) is 9.52. The number of nitrogens with zero attached hydrogens (tertiary/aromatic N) is 1. The molecule has 3 aromatic carbocycles. The molecule has 0 N–H and O–H groups in total. The van der Waals surface area contributed by atoms with Crippen molar-refractivity contribution >= 4 is 5.57 Å². The Kier molecular flexibility index (Phi) is 7.81. The first kappa shape index (κ1) is 24.7. The number of halogens is 1. The lowest BCUT2D eigenvalue weighted by Gasteiger charge is -2.36. The third-order valence-corrected chi connectivity index (χ3v) is 7.27. The van der Waals surface area contributed by atoms with E-state index in [-0.39, 0.29) is 5.82 Å². The van der Waals surface area contributed by atoms with Gasteiger partial charge in [-0.2, -0.15) is 0 Å². The Balaban J connectivity index is 1.31. The van der Waals surface area contributed by atoms with Crippen LogP contribution in [0.25, 0.3) is 5.57 Å². The zero-order chi connectivity index (χ0) is 24.8. The van der Waals surface area contributed by atoms with Crippen molar-refractivity contribution in [3.8, 4) is 5.75 Å². The molecule has 2 aliphatic rings. The van der Waals surface area contributed by atoms with Gasteiger partial charge in [-0.15, -0.1) is 0 Å². The van der Waals surface area contributed by atoms with E-state index in [1.165, 1.54) is 28.8 Å². The van der Waals surface area contributed by atoms with Crippen LogP contribution in [0.15, 0.2) is 84.9 Å². The molecule has 188 valence electrons. The second kappa shape index (κ2) is 11.4. The van der Waals surface area contributed by atoms with Crippen LogP contribution < -0.4 is 4.74 Å². The number of hydrogen-bond donors (Lipinski definition) is 0. The maximum atomic E-state index is 13.5. The minimum absolute atomic E-state index is 0.248. The normalized spacial score (nSPS) is 19.7. The standard InChI is InChI=1S/C31H34FNO3/c1-34-30-14-8-24(9-15-30)22-29-23-26(25-6-3-2-4-7-25)16-19-33(29)18-5-17-31(35-20-21-36-31)27-10-12-28(32)13-11-27/h2-4,6-15,23,29H,5,16-22H2,1H3. The van der Waals surface area contributed by atoms with Crippen molar-refractivity contribution in [2.24, 2.45) is 0 Å². The lowest BCUT2D eigenvalue weighted by atomic mass is 9.92. The van der Waals surface area contributed by atoms with Crippen LogP contribution in [0.4, 0.5) is 4.39 Å². The molecule has 0 aromatic heterocycles. The monoisotopic (exact) mass is 487 g/mol. The van der Waals surface area contributed by atoms with E-state index in [9.17, 15) is 4.39 Å². The molecule has 1 unspecified atom stereocenters. The van der Waals surface area contributed by atoms with Gasteiger partial charge in [-0.25, -0.2) is 4.39 Å². The molecular formula is C31H34FNO3. The largest absolute Gasteiger partial charge is 0.497 e. The predicted octanol–water partition coefficient (Wildman–Crippen LogP) is 6.21. The average Bonchev–Trinajstić information content (AvgIpc) is 3.41. The van der Waals surface area contributed by atoms with Gasteiger partial charge in [-0.05, 0) is 66.8 Å². The van der Waals surface area contributed by atoms with Gasteiger partial charge in [0.05, 0.1) is 20.3 Å². The molecular weight excluding hydrogens is 453 g/mol. The zero-order valence-corrected chi connectivity index (χ0v) is 20.9. The molecule has 0 saturated carbocycles. The molecule has 0 bridgehead atoms. The van der Waals surface area contributed by atoms with Crippen molar-refractivity contribution in [3.05, 3.63) is 107 Å². The lowest BCUT2D eigenvalue weighted by Crippen LogP contribution is -2.40. The molecule has 1 fully saturated rings. The van der Waals surface area contributed by atoms with Crippen molar-refractivity contribution in [2.45, 2.75) is 37.5 Å². The average molecular weight is 488 g/mol. The smallest absolute Gasteiger partial charge is 0.195 e. The fraction of sp³-hybridized carbons (Fsp3) is 0.355. The van der Waals surface area contributed by atoms with Gasteiger partial charge in [0.2, 0.25) is 0 Å². The lowest BCUT2D eigenvalue weighted by molar-refractivity contribution is -0.172. The Hall–Kier alpha value is -2.99. The third kappa shape index (κ3) is 5.70. The summed E-state index contributed by atoms with van der Waals surface area (Å²) in [6, 6.07) is 25.9. The summed E-state index contributed by atoms with van der Waals surface area (Å²) in [6.45, 7) is 3.07. The number of hydrogen-bond acceptors (Lipinski definition) is 4. The highest BCUT2D eigenvalue weighted by molar-refractivity contribution is 5.67. The van der Waals surface area contributed by atoms with Crippen molar-refractivity contribution in [1.29, 1.82) is 0 Å². The number of methoxy groups -OCH3 is 1. The predicted molar refractivity (Wildman–Crippen MR) is 140 cm³/mol. The Bertz CT molecular complexity index is 1140. The summed E-state index contributed by atoms with van der Waals surface area (Å²) in [4.78, 5) is 2.57. The zero-order valence-electron chi connectivity index (χ0n) is 20.9. The summed E-state index contributed by atoms with van der Waals surface area (Å²) in [5.74, 6) is -0.148. The van der Waals surface area contributed by atoms with Crippen molar-refractivity contribution in [2.75, 3.05) is 33.4 Å². The SMILES string of the molecule is COc1ccc(CC2C=C(c3ccccc3)CCN2CCCC2(c3ccc(F)cc3)OCCO2)cc1. The molecule has 0 spiro atoms. The highest BCUT2D eigenvalue weighted by Gasteiger charge is 2.38. The van der Waals surface area contributed by atoms with Gasteiger partial charge in [-0.3, -0.25) is 4.90 Å². The topological polar surface area (TPSA) is 30.9 Å². The van der Waals surface area contributed by atoms with Crippen LogP contribution in [0.2, 0.25) is 0 Å². The highest BCUT2D eigenvalue weighted by atomic mass is 19.1. The summed E-state index contributed by atoms with van der Waals surface area (Å²) in [5.41, 5.74) is 4.90. The van der Waals surface area contributed by atoms with Gasteiger partial charge in [0, 0.05) is 24.6 Å². The maximum absolute atomic E-state index is 13.5. The van der Waals surface area contributed by atoms with E-state index in [1.54, 1.807) is 19.2 Å².